The number of hydrogen-bond donors (Lipinski definition) is 3. The lowest BCUT2D eigenvalue weighted by Gasteiger charge is -2.48. The van der Waals surface area contributed by atoms with Crippen LogP contribution in [0, 0.1) is 24.6 Å². The number of rotatable bonds is 13. The number of likely N-dealkylation sites (tertiary alicyclic amines) is 3. The first-order chi connectivity index (χ1) is 41.8. The lowest BCUT2D eigenvalue weighted by atomic mass is 9.73. The van der Waals surface area contributed by atoms with Crippen LogP contribution in [0.2, 0.25) is 0 Å². The van der Waals surface area contributed by atoms with Crippen molar-refractivity contribution < 1.29 is 47.5 Å². The molecule has 6 fully saturated rings. The van der Waals surface area contributed by atoms with Gasteiger partial charge in [-0.15, -0.1) is 0 Å². The molecule has 20 nitrogen and oxygen atoms in total. The number of aryl methyl sites for hydroxylation is 1. The highest BCUT2D eigenvalue weighted by Gasteiger charge is 2.56. The molecule has 8 heterocycles. The largest absolute Gasteiger partial charge is 0.490 e. The number of nitrogens with zero attached hydrogens (tertiary/aromatic N) is 8. The molecule has 1 unspecified atom stereocenters. The molecule has 21 heteroatoms. The van der Waals surface area contributed by atoms with Crippen molar-refractivity contribution >= 4 is 75.5 Å². The molecular formula is C66H76FN11O9. The van der Waals surface area contributed by atoms with Crippen LogP contribution in [0.5, 0.6) is 5.75 Å². The zero-order valence-electron chi connectivity index (χ0n) is 50.2. The van der Waals surface area contributed by atoms with Crippen LogP contribution in [0.3, 0.4) is 0 Å². The van der Waals surface area contributed by atoms with Crippen LogP contribution in [-0.2, 0) is 29.4 Å². The van der Waals surface area contributed by atoms with Gasteiger partial charge in [-0.3, -0.25) is 48.6 Å². The van der Waals surface area contributed by atoms with E-state index < -0.39 is 40.9 Å². The van der Waals surface area contributed by atoms with E-state index >= 15 is 9.18 Å². The number of amides is 8. The average Bonchev–Trinajstić information content (AvgIpc) is 1.58. The van der Waals surface area contributed by atoms with Gasteiger partial charge in [0.25, 0.3) is 17.7 Å². The first-order valence-corrected chi connectivity index (χ1v) is 31.4. The molecular weight excluding hydrogens is 1110 g/mol. The molecule has 13 rings (SSSR count). The Morgan fingerprint density at radius 2 is 1.53 bits per heavy atom. The molecule has 4 saturated heterocycles. The Bertz CT molecular complexity index is 3660. The normalized spacial score (nSPS) is 24.7. The molecule has 456 valence electrons. The van der Waals surface area contributed by atoms with E-state index in [-0.39, 0.29) is 95.1 Å². The van der Waals surface area contributed by atoms with Gasteiger partial charge in [0.15, 0.2) is 5.82 Å². The molecule has 2 aromatic heterocycles. The molecule has 1 spiro atoms. The second-order valence-electron chi connectivity index (χ2n) is 26.0. The first kappa shape index (κ1) is 58.0. The number of benzene rings is 3. The van der Waals surface area contributed by atoms with Crippen LogP contribution in [0.25, 0.3) is 22.3 Å². The van der Waals surface area contributed by atoms with Gasteiger partial charge in [-0.2, -0.15) is 0 Å². The van der Waals surface area contributed by atoms with Crippen LogP contribution in [-0.4, -0.2) is 151 Å². The van der Waals surface area contributed by atoms with Gasteiger partial charge in [0.2, 0.25) is 29.5 Å². The highest BCUT2D eigenvalue weighted by molar-refractivity contribution is 6.24. The summed E-state index contributed by atoms with van der Waals surface area (Å²) in [6.07, 6.45) is 10.5. The third-order valence-electron chi connectivity index (χ3n) is 19.9. The van der Waals surface area contributed by atoms with E-state index in [0.717, 1.165) is 47.6 Å². The van der Waals surface area contributed by atoms with Crippen LogP contribution >= 0.6 is 0 Å². The summed E-state index contributed by atoms with van der Waals surface area (Å²) in [6, 6.07) is 15.0. The lowest BCUT2D eigenvalue weighted by Crippen LogP contribution is -2.58. The molecule has 8 aliphatic rings. The predicted molar refractivity (Wildman–Crippen MR) is 322 cm³/mol. The summed E-state index contributed by atoms with van der Waals surface area (Å²) in [5, 5.41) is 8.42. The van der Waals surface area contributed by atoms with E-state index in [1.807, 2.05) is 54.2 Å². The quantitative estimate of drug-likeness (QED) is 0.0948. The Morgan fingerprint density at radius 1 is 0.782 bits per heavy atom. The Labute approximate surface area is 504 Å². The van der Waals surface area contributed by atoms with Crippen molar-refractivity contribution in [3.63, 3.8) is 0 Å². The topological polar surface area (TPSA) is 229 Å². The number of ether oxygens (including phenoxy) is 1. The van der Waals surface area contributed by atoms with Gasteiger partial charge in [-0.25, -0.2) is 14.4 Å². The van der Waals surface area contributed by atoms with Gasteiger partial charge >= 0.3 is 0 Å². The van der Waals surface area contributed by atoms with E-state index in [9.17, 15) is 33.6 Å². The maximum Gasteiger partial charge on any atom is 0.266 e. The summed E-state index contributed by atoms with van der Waals surface area (Å²) < 4.78 is 24.3. The zero-order chi connectivity index (χ0) is 60.7. The van der Waals surface area contributed by atoms with Gasteiger partial charge < -0.3 is 39.5 Å². The highest BCUT2D eigenvalue weighted by Crippen LogP contribution is 2.53. The Kier molecular flexibility index (Phi) is 15.3. The number of fused-ring (bicyclic) bond motifs is 4. The maximum atomic E-state index is 16.0. The summed E-state index contributed by atoms with van der Waals surface area (Å²) in [7, 11) is 0. The van der Waals surface area contributed by atoms with Crippen LogP contribution in [0.4, 0.5) is 21.6 Å². The molecule has 2 aliphatic carbocycles. The Morgan fingerprint density at radius 3 is 2.25 bits per heavy atom. The van der Waals surface area contributed by atoms with Crippen LogP contribution in [0.15, 0.2) is 60.9 Å². The van der Waals surface area contributed by atoms with Crippen LogP contribution in [0.1, 0.15) is 166 Å². The average molecular weight is 1190 g/mol. The number of carbonyl (C=O) groups excluding carboxylic acids is 8. The number of carbonyl (C=O) groups is 8. The van der Waals surface area contributed by atoms with E-state index in [0.29, 0.717) is 111 Å². The summed E-state index contributed by atoms with van der Waals surface area (Å²) >= 11 is 0. The van der Waals surface area contributed by atoms with E-state index in [1.54, 1.807) is 25.4 Å². The fraction of sp³-hybridized carbons (Fsp3) is 0.515. The smallest absolute Gasteiger partial charge is 0.266 e. The van der Waals surface area contributed by atoms with Crippen molar-refractivity contribution in [2.75, 3.05) is 49.5 Å². The SMILES string of the molecule is Cc1cc(F)c(Nc2nc(-c3ccc4c(c3)N(C3CC(N5CCCCC5)C3)C(=O)C43CCN(C(=O)[C@@H]4CCN(C(=O)C5CCC(Oc6cccc7c6C(=O)N(C6CCC(=O)NC6=O)C7=O)CC5)C4)CC3)cc3ncn(C(C)C)c23)cc1C(=O)NC(C)C. The molecule has 2 saturated carbocycles. The van der Waals surface area contributed by atoms with E-state index in [2.05, 4.69) is 37.9 Å². The summed E-state index contributed by atoms with van der Waals surface area (Å²) in [6.45, 7) is 13.3. The highest BCUT2D eigenvalue weighted by atomic mass is 19.1. The fourth-order valence-corrected chi connectivity index (χ4v) is 15.1. The molecule has 5 aromatic rings. The summed E-state index contributed by atoms with van der Waals surface area (Å²) in [5.41, 5.74) is 4.84. The Balaban J connectivity index is 0.691. The second kappa shape index (κ2) is 22.9. The van der Waals surface area contributed by atoms with Crippen molar-refractivity contribution in [3.8, 4) is 17.0 Å². The lowest BCUT2D eigenvalue weighted by molar-refractivity contribution is -0.140. The number of piperidine rings is 3. The Hall–Kier alpha value is -8.07. The fourth-order valence-electron chi connectivity index (χ4n) is 15.1. The number of pyridine rings is 1. The van der Waals surface area contributed by atoms with Crippen molar-refractivity contribution in [1.29, 1.82) is 0 Å². The third-order valence-corrected chi connectivity index (χ3v) is 19.9. The number of imidazole rings is 1. The van der Waals surface area contributed by atoms with Crippen molar-refractivity contribution in [3.05, 3.63) is 94.6 Å². The second-order valence-corrected chi connectivity index (χ2v) is 26.0. The summed E-state index contributed by atoms with van der Waals surface area (Å²) in [4.78, 5) is 128. The van der Waals surface area contributed by atoms with Gasteiger partial charge in [0.1, 0.15) is 23.1 Å². The van der Waals surface area contributed by atoms with Gasteiger partial charge in [-0.1, -0.05) is 24.6 Å². The van der Waals surface area contributed by atoms with Crippen molar-refractivity contribution in [2.45, 2.75) is 166 Å². The van der Waals surface area contributed by atoms with Gasteiger partial charge in [-0.05, 0) is 172 Å². The molecule has 6 aliphatic heterocycles. The molecule has 3 N–H and O–H groups in total. The van der Waals surface area contributed by atoms with Crippen LogP contribution < -0.4 is 25.6 Å². The number of nitrogens with one attached hydrogen (secondary N) is 3. The standard InChI is InChI=1S/C66H76FN11O9/c1-36(2)69-59(80)46-32-50(48(67)28-38(46)5)71-58-57-51(68-35-76(57)37(3)4)33-49(70-58)40-14-17-47-53(29-40)77(43-30-42(31-43)73-23-7-6-8-24-73)65(86)66(47)21-26-74(27-22-66)62(83)41-20-25-75(34-41)61(82)39-12-15-44(16-13-39)87-54-11-9-10-45-56(54)64(85)78(63(45)84)52-18-19-55(79)72-60(52)81/h9-11,14,17,28-29,32-33,35-37,39,41-44,52H,6-8,12-13,15-16,18-27,30-31,34H2,1-5H3,(H,69,80)(H,70,71)(H,72,79,81)/t39?,41-,42?,43?,44?,52?/m1/s1. The van der Waals surface area contributed by atoms with Crippen molar-refractivity contribution in [2.24, 2.45) is 11.8 Å². The van der Waals surface area contributed by atoms with E-state index in [4.69, 9.17) is 14.7 Å². The number of anilines is 3. The molecule has 87 heavy (non-hydrogen) atoms. The van der Waals surface area contributed by atoms with E-state index in [1.165, 1.54) is 37.5 Å². The van der Waals surface area contributed by atoms with Gasteiger partial charge in [0, 0.05) is 79.5 Å². The number of imide groups is 2. The predicted octanol–water partition coefficient (Wildman–Crippen LogP) is 8.12. The number of aromatic nitrogens is 3. The monoisotopic (exact) mass is 1190 g/mol. The maximum absolute atomic E-state index is 16.0. The van der Waals surface area contributed by atoms with Crippen molar-refractivity contribution in [1.82, 2.24) is 44.8 Å². The first-order valence-electron chi connectivity index (χ1n) is 31.4. The zero-order valence-corrected chi connectivity index (χ0v) is 50.2. The van der Waals surface area contributed by atoms with Gasteiger partial charge in [0.05, 0.1) is 51.8 Å². The third kappa shape index (κ3) is 10.4. The minimum atomic E-state index is -1.09. The molecule has 8 amide bonds. The molecule has 0 bridgehead atoms. The minimum Gasteiger partial charge on any atom is -0.490 e. The summed E-state index contributed by atoms with van der Waals surface area (Å²) in [5.74, 6) is -3.10. The number of hydrogen-bond acceptors (Lipinski definition) is 13. The number of halogens is 1. The molecule has 3 aromatic carbocycles. The molecule has 2 atom stereocenters. The molecule has 0 radical (unpaired) electrons. The minimum absolute atomic E-state index is 0.00392.